The molecular formula is C23H18BrF2N3O4S. The summed E-state index contributed by atoms with van der Waals surface area (Å²) in [6.07, 6.45) is 1.00. The number of nitrogens with zero attached hydrogens (tertiary/aromatic N) is 1. The van der Waals surface area contributed by atoms with E-state index in [0.29, 0.717) is 26.6 Å². The van der Waals surface area contributed by atoms with Gasteiger partial charge in [0.1, 0.15) is 23.1 Å². The Kier molecular flexibility index (Phi) is 6.09. The van der Waals surface area contributed by atoms with Crippen LogP contribution in [-0.4, -0.2) is 32.3 Å². The third kappa shape index (κ3) is 4.62. The number of hydrogen-bond acceptors (Lipinski definition) is 4. The average molecular weight is 550 g/mol. The highest BCUT2D eigenvalue weighted by Crippen LogP contribution is 2.36. The Balaban J connectivity index is 2.01. The zero-order chi connectivity index (χ0) is 24.8. The summed E-state index contributed by atoms with van der Waals surface area (Å²) in [7, 11) is -2.25. The van der Waals surface area contributed by atoms with E-state index >= 15 is 0 Å². The number of hydrogen-bond donors (Lipinski definition) is 2. The molecule has 1 aromatic heterocycles. The second-order valence-electron chi connectivity index (χ2n) is 7.54. The van der Waals surface area contributed by atoms with E-state index in [4.69, 9.17) is 10.5 Å². The number of ether oxygens (including phenoxy) is 1. The van der Waals surface area contributed by atoms with Gasteiger partial charge >= 0.3 is 0 Å². The normalized spacial score (nSPS) is 11.6. The molecule has 34 heavy (non-hydrogen) atoms. The molecule has 0 fully saturated rings. The molecule has 0 aliphatic heterocycles. The minimum absolute atomic E-state index is 0.109. The lowest BCUT2D eigenvalue weighted by molar-refractivity contribution is 0.0994. The first kappa shape index (κ1) is 23.7. The largest absolute Gasteiger partial charge is 0.495 e. The van der Waals surface area contributed by atoms with Crippen molar-refractivity contribution in [2.24, 2.45) is 5.73 Å². The Morgan fingerprint density at radius 2 is 1.82 bits per heavy atom. The number of primary amides is 1. The fourth-order valence-electron chi connectivity index (χ4n) is 3.73. The van der Waals surface area contributed by atoms with Crippen LogP contribution in [0.5, 0.6) is 5.75 Å². The minimum Gasteiger partial charge on any atom is -0.495 e. The topological polar surface area (TPSA) is 103 Å². The van der Waals surface area contributed by atoms with Gasteiger partial charge in [-0.2, -0.15) is 0 Å². The molecule has 1 heterocycles. The first-order chi connectivity index (χ1) is 16.0. The van der Waals surface area contributed by atoms with Crippen LogP contribution in [0.1, 0.15) is 10.5 Å². The quantitative estimate of drug-likeness (QED) is 0.360. The molecule has 7 nitrogen and oxygen atoms in total. The van der Waals surface area contributed by atoms with E-state index in [9.17, 15) is 22.0 Å². The van der Waals surface area contributed by atoms with Gasteiger partial charge in [0.15, 0.2) is 0 Å². The SMILES string of the molecule is COc1cc2cc(C(N)=O)n(-c3cc(Br)cc(-c4ccc(F)cc4F)c3)c2cc1NS(C)(=O)=O. The lowest BCUT2D eigenvalue weighted by atomic mass is 10.0. The molecule has 0 unspecified atom stereocenters. The smallest absolute Gasteiger partial charge is 0.265 e. The number of rotatable bonds is 6. The predicted molar refractivity (Wildman–Crippen MR) is 130 cm³/mol. The molecule has 0 saturated heterocycles. The van der Waals surface area contributed by atoms with E-state index in [2.05, 4.69) is 20.7 Å². The van der Waals surface area contributed by atoms with E-state index < -0.39 is 27.6 Å². The molecule has 3 N–H and O–H groups in total. The van der Waals surface area contributed by atoms with Crippen LogP contribution in [0.2, 0.25) is 0 Å². The van der Waals surface area contributed by atoms with E-state index in [1.165, 1.54) is 23.8 Å². The third-order valence-electron chi connectivity index (χ3n) is 5.05. The van der Waals surface area contributed by atoms with Gasteiger partial charge in [-0.1, -0.05) is 15.9 Å². The molecule has 0 aliphatic carbocycles. The van der Waals surface area contributed by atoms with Gasteiger partial charge in [0.05, 0.1) is 24.6 Å². The maximum atomic E-state index is 14.5. The Labute approximate surface area is 202 Å². The second-order valence-corrected chi connectivity index (χ2v) is 10.2. The van der Waals surface area contributed by atoms with Gasteiger partial charge in [0.2, 0.25) is 10.0 Å². The predicted octanol–water partition coefficient (Wildman–Crippen LogP) is 4.82. The van der Waals surface area contributed by atoms with Crippen LogP contribution in [0.3, 0.4) is 0 Å². The van der Waals surface area contributed by atoms with Crippen LogP contribution < -0.4 is 15.2 Å². The van der Waals surface area contributed by atoms with Crippen molar-refractivity contribution in [2.75, 3.05) is 18.1 Å². The molecule has 4 rings (SSSR count). The molecule has 0 radical (unpaired) electrons. The maximum absolute atomic E-state index is 14.5. The Hall–Kier alpha value is -3.44. The summed E-state index contributed by atoms with van der Waals surface area (Å²) in [5.41, 5.74) is 7.37. The zero-order valence-electron chi connectivity index (χ0n) is 17.9. The van der Waals surface area contributed by atoms with Gasteiger partial charge < -0.3 is 15.0 Å². The molecule has 4 aromatic rings. The van der Waals surface area contributed by atoms with Crippen molar-refractivity contribution in [3.8, 4) is 22.6 Å². The van der Waals surface area contributed by atoms with Crippen molar-refractivity contribution in [2.45, 2.75) is 0 Å². The van der Waals surface area contributed by atoms with Gasteiger partial charge in [-0.25, -0.2) is 17.2 Å². The van der Waals surface area contributed by atoms with Gasteiger partial charge in [0.25, 0.3) is 5.91 Å². The maximum Gasteiger partial charge on any atom is 0.265 e. The number of amides is 1. The number of carbonyl (C=O) groups is 1. The molecule has 0 aliphatic rings. The number of carbonyl (C=O) groups excluding carboxylic acids is 1. The Morgan fingerprint density at radius 3 is 2.44 bits per heavy atom. The number of anilines is 1. The first-order valence-electron chi connectivity index (χ1n) is 9.74. The van der Waals surface area contributed by atoms with E-state index in [-0.39, 0.29) is 22.7 Å². The van der Waals surface area contributed by atoms with Crippen LogP contribution in [0.15, 0.2) is 59.1 Å². The van der Waals surface area contributed by atoms with Crippen LogP contribution in [0.25, 0.3) is 27.7 Å². The Morgan fingerprint density at radius 1 is 1.09 bits per heavy atom. The number of benzene rings is 3. The van der Waals surface area contributed by atoms with Crippen LogP contribution in [0, 0.1) is 11.6 Å². The van der Waals surface area contributed by atoms with Gasteiger partial charge in [-0.15, -0.1) is 0 Å². The number of methoxy groups -OCH3 is 1. The highest BCUT2D eigenvalue weighted by atomic mass is 79.9. The summed E-state index contributed by atoms with van der Waals surface area (Å²) in [5, 5.41) is 0.555. The highest BCUT2D eigenvalue weighted by Gasteiger charge is 2.20. The molecule has 0 saturated carbocycles. The second kappa shape index (κ2) is 8.73. The van der Waals surface area contributed by atoms with Crippen LogP contribution >= 0.6 is 15.9 Å². The number of nitrogens with one attached hydrogen (secondary N) is 1. The van der Waals surface area contributed by atoms with Crippen molar-refractivity contribution in [3.05, 3.63) is 76.4 Å². The van der Waals surface area contributed by atoms with Crippen molar-refractivity contribution in [3.63, 3.8) is 0 Å². The summed E-state index contributed by atoms with van der Waals surface area (Å²) >= 11 is 3.40. The molecular weight excluding hydrogens is 532 g/mol. The molecule has 0 spiro atoms. The van der Waals surface area contributed by atoms with E-state index in [0.717, 1.165) is 18.4 Å². The molecule has 176 valence electrons. The molecule has 0 atom stereocenters. The Bertz CT molecular complexity index is 1570. The van der Waals surface area contributed by atoms with Crippen LogP contribution in [-0.2, 0) is 10.0 Å². The van der Waals surface area contributed by atoms with E-state index in [1.807, 2.05) is 0 Å². The van der Waals surface area contributed by atoms with Crippen molar-refractivity contribution in [1.29, 1.82) is 0 Å². The van der Waals surface area contributed by atoms with E-state index in [1.54, 1.807) is 30.3 Å². The molecule has 0 bridgehead atoms. The standard InChI is InChI=1S/C23H18BrF2N3O4S/c1-33-22-8-13-7-21(23(27)30)29(20(13)11-19(22)28-34(2,31)32)16-6-12(5-14(24)9-16)17-4-3-15(25)10-18(17)26/h3-11,28H,1-2H3,(H2,27,30). The average Bonchev–Trinajstić information content (AvgIpc) is 3.10. The highest BCUT2D eigenvalue weighted by molar-refractivity contribution is 9.10. The summed E-state index contributed by atoms with van der Waals surface area (Å²) in [5.74, 6) is -1.94. The van der Waals surface area contributed by atoms with Crippen molar-refractivity contribution < 1.29 is 26.7 Å². The third-order valence-corrected chi connectivity index (χ3v) is 6.10. The number of halogens is 3. The van der Waals surface area contributed by atoms with Crippen molar-refractivity contribution in [1.82, 2.24) is 4.57 Å². The molecule has 1 amide bonds. The summed E-state index contributed by atoms with van der Waals surface area (Å²) < 4.78 is 61.4. The molecule has 11 heteroatoms. The number of aromatic nitrogens is 1. The zero-order valence-corrected chi connectivity index (χ0v) is 20.3. The fraction of sp³-hybridized carbons (Fsp3) is 0.0870. The number of sulfonamides is 1. The summed E-state index contributed by atoms with van der Waals surface area (Å²) in [6.45, 7) is 0. The summed E-state index contributed by atoms with van der Waals surface area (Å²) in [4.78, 5) is 12.3. The fourth-order valence-corrected chi connectivity index (χ4v) is 4.77. The van der Waals surface area contributed by atoms with Gasteiger partial charge in [0, 0.05) is 27.2 Å². The van der Waals surface area contributed by atoms with Crippen LogP contribution in [0.4, 0.5) is 14.5 Å². The lowest BCUT2D eigenvalue weighted by Crippen LogP contribution is -2.16. The monoisotopic (exact) mass is 549 g/mol. The lowest BCUT2D eigenvalue weighted by Gasteiger charge is -2.15. The molecule has 3 aromatic carbocycles. The van der Waals surface area contributed by atoms with Gasteiger partial charge in [-0.05, 0) is 54.1 Å². The first-order valence-corrected chi connectivity index (χ1v) is 12.4. The van der Waals surface area contributed by atoms with Crippen molar-refractivity contribution >= 4 is 48.5 Å². The van der Waals surface area contributed by atoms with Gasteiger partial charge in [-0.3, -0.25) is 9.52 Å². The number of nitrogens with two attached hydrogens (primary N) is 1. The number of fused-ring (bicyclic) bond motifs is 1. The summed E-state index contributed by atoms with van der Waals surface area (Å²) in [6, 6.07) is 12.8. The minimum atomic E-state index is -3.63.